The molecule has 1 amide bonds. The fourth-order valence-electron chi connectivity index (χ4n) is 1.81. The average molecular weight is 292 g/mol. The van der Waals surface area contributed by atoms with Crippen molar-refractivity contribution in [1.82, 2.24) is 0 Å². The van der Waals surface area contributed by atoms with Crippen molar-refractivity contribution in [2.24, 2.45) is 0 Å². The van der Waals surface area contributed by atoms with Crippen molar-refractivity contribution >= 4 is 17.3 Å². The van der Waals surface area contributed by atoms with Crippen LogP contribution in [-0.2, 0) is 0 Å². The van der Waals surface area contributed by atoms with E-state index in [9.17, 15) is 13.6 Å². The number of carbonyl (C=O) groups is 1. The molecule has 0 fully saturated rings. The summed E-state index contributed by atoms with van der Waals surface area (Å²) in [5, 5.41) is 2.40. The molecule has 0 spiro atoms. The zero-order valence-electron chi connectivity index (χ0n) is 11.3. The molecule has 2 aromatic rings. The number of carbonyl (C=O) groups excluding carboxylic acids is 1. The third-order valence-electron chi connectivity index (χ3n) is 2.69. The Morgan fingerprint density at radius 2 is 1.86 bits per heavy atom. The summed E-state index contributed by atoms with van der Waals surface area (Å²) in [5.41, 5.74) is 6.37. The molecule has 0 aliphatic carbocycles. The summed E-state index contributed by atoms with van der Waals surface area (Å²) in [4.78, 5) is 12.0. The lowest BCUT2D eigenvalue weighted by Crippen LogP contribution is -2.13. The first kappa shape index (κ1) is 14.8. The predicted molar refractivity (Wildman–Crippen MR) is 76.3 cm³/mol. The van der Waals surface area contributed by atoms with E-state index in [-0.39, 0.29) is 11.3 Å². The number of nitrogens with two attached hydrogens (primary N) is 1. The summed E-state index contributed by atoms with van der Waals surface area (Å²) < 4.78 is 31.4. The summed E-state index contributed by atoms with van der Waals surface area (Å²) in [6.07, 6.45) is 0. The van der Waals surface area contributed by atoms with Gasteiger partial charge >= 0.3 is 0 Å². The van der Waals surface area contributed by atoms with E-state index in [0.29, 0.717) is 18.0 Å². The van der Waals surface area contributed by atoms with E-state index in [2.05, 4.69) is 5.32 Å². The average Bonchev–Trinajstić information content (AvgIpc) is 2.40. The molecule has 0 heterocycles. The molecule has 2 aromatic carbocycles. The number of nitrogen functional groups attached to an aromatic ring is 1. The Kier molecular flexibility index (Phi) is 4.37. The highest BCUT2D eigenvalue weighted by molar-refractivity contribution is 6.05. The van der Waals surface area contributed by atoms with Crippen LogP contribution in [0.2, 0.25) is 0 Å². The Hall–Kier alpha value is -2.63. The van der Waals surface area contributed by atoms with Gasteiger partial charge in [0.1, 0.15) is 17.4 Å². The van der Waals surface area contributed by atoms with Crippen molar-refractivity contribution in [2.45, 2.75) is 6.92 Å². The molecule has 0 bridgehead atoms. The molecule has 0 saturated heterocycles. The van der Waals surface area contributed by atoms with Gasteiger partial charge < -0.3 is 15.8 Å². The van der Waals surface area contributed by atoms with Gasteiger partial charge in [-0.3, -0.25) is 4.79 Å². The Morgan fingerprint density at radius 1 is 1.19 bits per heavy atom. The minimum Gasteiger partial charge on any atom is -0.492 e. The van der Waals surface area contributed by atoms with Crippen LogP contribution in [0.3, 0.4) is 0 Å². The maximum atomic E-state index is 13.1. The van der Waals surface area contributed by atoms with E-state index in [1.54, 1.807) is 6.07 Å². The molecule has 2 rings (SSSR count). The first-order valence-electron chi connectivity index (χ1n) is 6.29. The van der Waals surface area contributed by atoms with Crippen LogP contribution < -0.4 is 15.8 Å². The minimum atomic E-state index is -0.767. The number of rotatable bonds is 4. The summed E-state index contributed by atoms with van der Waals surface area (Å²) in [6.45, 7) is 2.27. The number of amides is 1. The SMILES string of the molecule is CCOc1ccc(C(=O)Nc2cc(F)cc(F)c2)cc1N. The van der Waals surface area contributed by atoms with Gasteiger partial charge in [-0.15, -0.1) is 0 Å². The van der Waals surface area contributed by atoms with Gasteiger partial charge in [-0.25, -0.2) is 8.78 Å². The van der Waals surface area contributed by atoms with E-state index in [1.165, 1.54) is 12.1 Å². The number of hydrogen-bond acceptors (Lipinski definition) is 3. The van der Waals surface area contributed by atoms with Crippen LogP contribution >= 0.6 is 0 Å². The van der Waals surface area contributed by atoms with Gasteiger partial charge in [-0.05, 0) is 37.3 Å². The Morgan fingerprint density at radius 3 is 2.43 bits per heavy atom. The molecule has 6 heteroatoms. The molecule has 21 heavy (non-hydrogen) atoms. The van der Waals surface area contributed by atoms with Gasteiger partial charge in [-0.1, -0.05) is 0 Å². The highest BCUT2D eigenvalue weighted by atomic mass is 19.1. The third-order valence-corrected chi connectivity index (χ3v) is 2.69. The van der Waals surface area contributed by atoms with E-state index in [0.717, 1.165) is 18.2 Å². The van der Waals surface area contributed by atoms with Crippen LogP contribution in [0.5, 0.6) is 5.75 Å². The largest absolute Gasteiger partial charge is 0.492 e. The van der Waals surface area contributed by atoms with Crippen LogP contribution in [0.15, 0.2) is 36.4 Å². The van der Waals surface area contributed by atoms with Gasteiger partial charge in [0.2, 0.25) is 0 Å². The summed E-state index contributed by atoms with van der Waals surface area (Å²) in [7, 11) is 0. The lowest BCUT2D eigenvalue weighted by Gasteiger charge is -2.09. The Labute approximate surface area is 120 Å². The van der Waals surface area contributed by atoms with Crippen LogP contribution in [-0.4, -0.2) is 12.5 Å². The Balaban J connectivity index is 2.18. The second-order valence-corrected chi connectivity index (χ2v) is 4.30. The van der Waals surface area contributed by atoms with Crippen LogP contribution in [0, 0.1) is 11.6 Å². The highest BCUT2D eigenvalue weighted by Crippen LogP contribution is 2.23. The second-order valence-electron chi connectivity index (χ2n) is 4.30. The molecule has 0 unspecified atom stereocenters. The van der Waals surface area contributed by atoms with Gasteiger partial charge in [-0.2, -0.15) is 0 Å². The van der Waals surface area contributed by atoms with E-state index in [1.807, 2.05) is 6.92 Å². The van der Waals surface area contributed by atoms with Crippen LogP contribution in [0.25, 0.3) is 0 Å². The first-order valence-corrected chi connectivity index (χ1v) is 6.29. The molecule has 4 nitrogen and oxygen atoms in total. The topological polar surface area (TPSA) is 64.3 Å². The summed E-state index contributed by atoms with van der Waals surface area (Å²) >= 11 is 0. The third kappa shape index (κ3) is 3.68. The van der Waals surface area contributed by atoms with Gasteiger partial charge in [0, 0.05) is 17.3 Å². The molecule has 0 aliphatic rings. The quantitative estimate of drug-likeness (QED) is 0.851. The van der Waals surface area contributed by atoms with Crippen LogP contribution in [0.1, 0.15) is 17.3 Å². The van der Waals surface area contributed by atoms with Crippen molar-refractivity contribution in [1.29, 1.82) is 0 Å². The maximum Gasteiger partial charge on any atom is 0.255 e. The van der Waals surface area contributed by atoms with Crippen molar-refractivity contribution < 1.29 is 18.3 Å². The molecule has 0 aliphatic heterocycles. The molecule has 0 aromatic heterocycles. The number of anilines is 2. The highest BCUT2D eigenvalue weighted by Gasteiger charge is 2.10. The fourth-order valence-corrected chi connectivity index (χ4v) is 1.81. The van der Waals surface area contributed by atoms with Gasteiger partial charge in [0.15, 0.2) is 0 Å². The molecular formula is C15H14F2N2O2. The van der Waals surface area contributed by atoms with E-state index in [4.69, 9.17) is 10.5 Å². The van der Waals surface area contributed by atoms with Crippen molar-refractivity contribution in [3.8, 4) is 5.75 Å². The lowest BCUT2D eigenvalue weighted by molar-refractivity contribution is 0.102. The monoisotopic (exact) mass is 292 g/mol. The number of halogens is 2. The van der Waals surface area contributed by atoms with E-state index < -0.39 is 17.5 Å². The standard InChI is InChI=1S/C15H14F2N2O2/c1-2-21-14-4-3-9(5-13(14)18)15(20)19-12-7-10(16)6-11(17)8-12/h3-8H,2,18H2,1H3,(H,19,20). The molecule has 0 atom stereocenters. The van der Waals surface area contributed by atoms with Gasteiger partial charge in [0.05, 0.1) is 12.3 Å². The minimum absolute atomic E-state index is 0.0324. The molecule has 110 valence electrons. The fraction of sp³-hybridized carbons (Fsp3) is 0.133. The van der Waals surface area contributed by atoms with Gasteiger partial charge in [0.25, 0.3) is 5.91 Å². The van der Waals surface area contributed by atoms with Crippen molar-refractivity contribution in [3.63, 3.8) is 0 Å². The number of nitrogens with one attached hydrogen (secondary N) is 1. The maximum absolute atomic E-state index is 13.1. The zero-order chi connectivity index (χ0) is 15.4. The van der Waals surface area contributed by atoms with Crippen molar-refractivity contribution in [2.75, 3.05) is 17.7 Å². The normalized spacial score (nSPS) is 10.2. The molecular weight excluding hydrogens is 278 g/mol. The zero-order valence-corrected chi connectivity index (χ0v) is 11.3. The summed E-state index contributed by atoms with van der Waals surface area (Å²) in [6, 6.07) is 7.31. The number of hydrogen-bond donors (Lipinski definition) is 2. The number of ether oxygens (including phenoxy) is 1. The summed E-state index contributed by atoms with van der Waals surface area (Å²) in [5.74, 6) is -1.58. The molecule has 0 radical (unpaired) electrons. The first-order chi connectivity index (χ1) is 9.99. The van der Waals surface area contributed by atoms with Crippen LogP contribution in [0.4, 0.5) is 20.2 Å². The predicted octanol–water partition coefficient (Wildman–Crippen LogP) is 3.20. The van der Waals surface area contributed by atoms with Crippen molar-refractivity contribution in [3.05, 3.63) is 53.6 Å². The Bertz CT molecular complexity index is 654. The smallest absolute Gasteiger partial charge is 0.255 e. The second kappa shape index (κ2) is 6.21. The molecule has 0 saturated carbocycles. The number of benzene rings is 2. The lowest BCUT2D eigenvalue weighted by atomic mass is 10.1. The molecule has 3 N–H and O–H groups in total. The van der Waals surface area contributed by atoms with E-state index >= 15 is 0 Å².